The van der Waals surface area contributed by atoms with E-state index in [-0.39, 0.29) is 24.2 Å². The molecule has 0 saturated heterocycles. The minimum Gasteiger partial charge on any atom is -0.483 e. The van der Waals surface area contributed by atoms with Crippen molar-refractivity contribution in [3.05, 3.63) is 77.7 Å². The summed E-state index contributed by atoms with van der Waals surface area (Å²) in [5, 5.41) is 18.8. The highest BCUT2D eigenvalue weighted by Crippen LogP contribution is 2.31. The summed E-state index contributed by atoms with van der Waals surface area (Å²) in [6, 6.07) is 17.5. The summed E-state index contributed by atoms with van der Waals surface area (Å²) in [4.78, 5) is 23.1. The van der Waals surface area contributed by atoms with Crippen LogP contribution in [0, 0.1) is 12.7 Å². The molecular formula is C30H34FN5O3. The number of nitrogens with one attached hydrogen (secondary N) is 2. The average Bonchev–Trinajstić information content (AvgIpc) is 3.64. The Hall–Kier alpha value is -4.24. The summed E-state index contributed by atoms with van der Waals surface area (Å²) in [5.74, 6) is -0.596. The van der Waals surface area contributed by atoms with Gasteiger partial charge in [-0.1, -0.05) is 6.07 Å². The van der Waals surface area contributed by atoms with Crippen LogP contribution < -0.4 is 10.6 Å². The molecule has 1 heterocycles. The van der Waals surface area contributed by atoms with Crippen molar-refractivity contribution in [1.82, 2.24) is 20.0 Å². The maximum absolute atomic E-state index is 14.7. The molecule has 0 aliphatic heterocycles. The summed E-state index contributed by atoms with van der Waals surface area (Å²) < 4.78 is 16.6. The third-order valence-electron chi connectivity index (χ3n) is 6.62. The lowest BCUT2D eigenvalue weighted by atomic mass is 9.96. The predicted molar refractivity (Wildman–Crippen MR) is 152 cm³/mol. The third-order valence-corrected chi connectivity index (χ3v) is 6.62. The van der Waals surface area contributed by atoms with E-state index in [1.54, 1.807) is 13.0 Å². The van der Waals surface area contributed by atoms with E-state index in [0.29, 0.717) is 11.1 Å². The fourth-order valence-corrected chi connectivity index (χ4v) is 4.36. The fourth-order valence-electron chi connectivity index (χ4n) is 4.36. The van der Waals surface area contributed by atoms with E-state index in [4.69, 9.17) is 9.90 Å². The SMILES string of the molecule is Cc1c(F)cc(C(=O)NC2CC2)cc1-c1ccc2c(cnn2-c2ccc(NCCCN(C)C)cc2)c1.O=CO. The van der Waals surface area contributed by atoms with E-state index in [2.05, 4.69) is 59.0 Å². The van der Waals surface area contributed by atoms with Crippen LogP contribution in [0.1, 0.15) is 35.2 Å². The fraction of sp³-hybridized carbons (Fsp3) is 0.300. The first-order valence-corrected chi connectivity index (χ1v) is 13.0. The van der Waals surface area contributed by atoms with Crippen molar-refractivity contribution in [3.8, 4) is 16.8 Å². The van der Waals surface area contributed by atoms with Gasteiger partial charge in [-0.2, -0.15) is 5.10 Å². The van der Waals surface area contributed by atoms with Crippen LogP contribution in [-0.2, 0) is 4.79 Å². The number of carbonyl (C=O) groups excluding carboxylic acids is 1. The number of rotatable bonds is 9. The van der Waals surface area contributed by atoms with Gasteiger partial charge in [0.05, 0.1) is 17.4 Å². The first kappa shape index (κ1) is 27.8. The molecule has 3 aromatic carbocycles. The number of amides is 1. The third kappa shape index (κ3) is 7.00. The Bertz CT molecular complexity index is 1450. The molecule has 0 atom stereocenters. The van der Waals surface area contributed by atoms with E-state index in [1.165, 1.54) is 6.07 Å². The van der Waals surface area contributed by atoms with Crippen LogP contribution in [0.4, 0.5) is 10.1 Å². The zero-order valence-corrected chi connectivity index (χ0v) is 22.4. The Morgan fingerprint density at radius 1 is 1.15 bits per heavy atom. The summed E-state index contributed by atoms with van der Waals surface area (Å²) in [7, 11) is 4.16. The van der Waals surface area contributed by atoms with Crippen LogP contribution in [0.25, 0.3) is 27.7 Å². The largest absolute Gasteiger partial charge is 0.483 e. The number of fused-ring (bicyclic) bond motifs is 1. The van der Waals surface area contributed by atoms with Crippen molar-refractivity contribution in [2.75, 3.05) is 32.5 Å². The molecule has 8 nitrogen and oxygen atoms in total. The van der Waals surface area contributed by atoms with E-state index in [0.717, 1.165) is 65.8 Å². The molecule has 1 fully saturated rings. The molecule has 1 aliphatic rings. The second-order valence-corrected chi connectivity index (χ2v) is 9.94. The lowest BCUT2D eigenvalue weighted by Crippen LogP contribution is -2.25. The Labute approximate surface area is 227 Å². The van der Waals surface area contributed by atoms with Gasteiger partial charge in [-0.25, -0.2) is 9.07 Å². The average molecular weight is 532 g/mol. The quantitative estimate of drug-likeness (QED) is 0.205. The molecule has 0 bridgehead atoms. The monoisotopic (exact) mass is 531 g/mol. The number of nitrogens with zero attached hydrogens (tertiary/aromatic N) is 3. The lowest BCUT2D eigenvalue weighted by molar-refractivity contribution is -0.122. The topological polar surface area (TPSA) is 99.5 Å². The van der Waals surface area contributed by atoms with Crippen molar-refractivity contribution >= 4 is 29.0 Å². The molecule has 0 radical (unpaired) electrons. The van der Waals surface area contributed by atoms with Gasteiger partial charge in [-0.15, -0.1) is 0 Å². The normalized spacial score (nSPS) is 12.6. The highest BCUT2D eigenvalue weighted by molar-refractivity contribution is 5.96. The number of carbonyl (C=O) groups is 2. The molecular weight excluding hydrogens is 497 g/mol. The predicted octanol–water partition coefficient (Wildman–Crippen LogP) is 5.10. The van der Waals surface area contributed by atoms with Crippen molar-refractivity contribution in [3.63, 3.8) is 0 Å². The van der Waals surface area contributed by atoms with Crippen molar-refractivity contribution < 1.29 is 19.1 Å². The maximum atomic E-state index is 14.7. The van der Waals surface area contributed by atoms with Gasteiger partial charge in [0.2, 0.25) is 0 Å². The van der Waals surface area contributed by atoms with Crippen LogP contribution in [0.5, 0.6) is 0 Å². The summed E-state index contributed by atoms with van der Waals surface area (Å²) >= 11 is 0. The van der Waals surface area contributed by atoms with E-state index in [1.807, 2.05) is 29.1 Å². The molecule has 204 valence electrons. The van der Waals surface area contributed by atoms with Crippen LogP contribution in [0.3, 0.4) is 0 Å². The van der Waals surface area contributed by atoms with Gasteiger partial charge >= 0.3 is 0 Å². The van der Waals surface area contributed by atoms with Gasteiger partial charge in [0.25, 0.3) is 12.4 Å². The molecule has 39 heavy (non-hydrogen) atoms. The van der Waals surface area contributed by atoms with Gasteiger partial charge in [-0.05, 0) is 112 Å². The molecule has 1 amide bonds. The van der Waals surface area contributed by atoms with Crippen LogP contribution in [0.15, 0.2) is 60.8 Å². The van der Waals surface area contributed by atoms with E-state index >= 15 is 0 Å². The Morgan fingerprint density at radius 2 is 1.87 bits per heavy atom. The number of halogens is 1. The van der Waals surface area contributed by atoms with Crippen molar-refractivity contribution in [2.45, 2.75) is 32.2 Å². The first-order chi connectivity index (χ1) is 18.8. The van der Waals surface area contributed by atoms with E-state index < -0.39 is 0 Å². The number of aromatic nitrogens is 2. The van der Waals surface area contributed by atoms with Crippen LogP contribution in [-0.4, -0.2) is 65.4 Å². The molecule has 0 unspecified atom stereocenters. The summed E-state index contributed by atoms with van der Waals surface area (Å²) in [6.07, 6.45) is 4.88. The smallest absolute Gasteiger partial charge is 0.290 e. The number of benzene rings is 3. The Morgan fingerprint density at radius 3 is 2.54 bits per heavy atom. The molecule has 1 aliphatic carbocycles. The minimum absolute atomic E-state index is 0.220. The molecule has 5 rings (SSSR count). The van der Waals surface area contributed by atoms with Crippen LogP contribution in [0.2, 0.25) is 0 Å². The summed E-state index contributed by atoms with van der Waals surface area (Å²) in [5.41, 5.74) is 5.47. The van der Waals surface area contributed by atoms with Crippen LogP contribution >= 0.6 is 0 Å². The zero-order chi connectivity index (χ0) is 27.9. The zero-order valence-electron chi connectivity index (χ0n) is 22.4. The maximum Gasteiger partial charge on any atom is 0.290 e. The Balaban J connectivity index is 0.00000112. The number of hydrogen-bond acceptors (Lipinski definition) is 5. The Kier molecular flexibility index (Phi) is 8.93. The molecule has 1 saturated carbocycles. The molecule has 0 spiro atoms. The second-order valence-electron chi connectivity index (χ2n) is 9.94. The molecule has 3 N–H and O–H groups in total. The molecule has 9 heteroatoms. The van der Waals surface area contributed by atoms with Gasteiger partial charge in [0, 0.05) is 29.2 Å². The minimum atomic E-state index is -0.375. The van der Waals surface area contributed by atoms with Crippen molar-refractivity contribution in [1.29, 1.82) is 0 Å². The number of carboxylic acid groups (broad SMARTS) is 1. The standard InChI is InChI=1S/C29H32FN5O.CH2O2/c1-19-26(16-21(17-27(19)30)29(36)33-24-6-7-24)20-5-12-28-22(15-20)18-32-35(28)25-10-8-23(9-11-25)31-13-4-14-34(2)3;2-1-3/h5,8-12,15-18,24,31H,4,6-7,13-14H2,1-3H3,(H,33,36);1H,(H,2,3). The highest BCUT2D eigenvalue weighted by atomic mass is 19.1. The van der Waals surface area contributed by atoms with Crippen molar-refractivity contribution in [2.24, 2.45) is 0 Å². The van der Waals surface area contributed by atoms with Gasteiger partial charge < -0.3 is 20.6 Å². The van der Waals surface area contributed by atoms with E-state index in [9.17, 15) is 9.18 Å². The number of anilines is 1. The van der Waals surface area contributed by atoms with Gasteiger partial charge in [0.15, 0.2) is 0 Å². The van der Waals surface area contributed by atoms with Gasteiger partial charge in [0.1, 0.15) is 5.82 Å². The summed E-state index contributed by atoms with van der Waals surface area (Å²) in [6.45, 7) is 3.47. The van der Waals surface area contributed by atoms with Gasteiger partial charge in [-0.3, -0.25) is 9.59 Å². The molecule has 4 aromatic rings. The second kappa shape index (κ2) is 12.5. The highest BCUT2D eigenvalue weighted by Gasteiger charge is 2.24. The first-order valence-electron chi connectivity index (χ1n) is 13.0. The number of hydrogen-bond donors (Lipinski definition) is 3. The lowest BCUT2D eigenvalue weighted by Gasteiger charge is -2.12. The molecule has 1 aromatic heterocycles.